The predicted molar refractivity (Wildman–Crippen MR) is 102 cm³/mol. The van der Waals surface area contributed by atoms with Crippen molar-refractivity contribution in [3.8, 4) is 0 Å². The van der Waals surface area contributed by atoms with Gasteiger partial charge in [-0.25, -0.2) is 0 Å². The number of nitrogens with one attached hydrogen (secondary N) is 1. The van der Waals surface area contributed by atoms with Crippen molar-refractivity contribution in [1.29, 1.82) is 0 Å². The van der Waals surface area contributed by atoms with E-state index in [1.807, 2.05) is 6.07 Å². The zero-order valence-corrected chi connectivity index (χ0v) is 15.9. The lowest BCUT2D eigenvalue weighted by atomic mass is 9.72. The maximum Gasteiger partial charge on any atom is 0.246 e. The Kier molecular flexibility index (Phi) is 7.06. The van der Waals surface area contributed by atoms with Gasteiger partial charge in [0, 0.05) is 18.6 Å². The van der Waals surface area contributed by atoms with Gasteiger partial charge in [-0.15, -0.1) is 0 Å². The molecule has 2 heterocycles. The molecule has 5 nitrogen and oxygen atoms in total. The molecule has 3 rings (SSSR count). The van der Waals surface area contributed by atoms with Crippen LogP contribution in [0, 0.1) is 0 Å². The second-order valence-electron chi connectivity index (χ2n) is 7.73. The van der Waals surface area contributed by atoms with E-state index in [1.54, 1.807) is 0 Å². The zero-order valence-electron chi connectivity index (χ0n) is 15.9. The van der Waals surface area contributed by atoms with E-state index >= 15 is 0 Å². The zero-order chi connectivity index (χ0) is 18.2. The Morgan fingerprint density at radius 1 is 1.27 bits per heavy atom. The van der Waals surface area contributed by atoms with Crippen molar-refractivity contribution in [3.05, 3.63) is 35.9 Å². The molecular weight excluding hydrogens is 328 g/mol. The van der Waals surface area contributed by atoms with Crippen molar-refractivity contribution >= 4 is 5.91 Å². The van der Waals surface area contributed by atoms with E-state index in [2.05, 4.69) is 41.5 Å². The summed E-state index contributed by atoms with van der Waals surface area (Å²) in [6.07, 6.45) is 5.63. The molecule has 144 valence electrons. The maximum absolute atomic E-state index is 12.3. The molecular formula is C21H32N2O3. The first-order valence-electron chi connectivity index (χ1n) is 9.88. The monoisotopic (exact) mass is 360 g/mol. The van der Waals surface area contributed by atoms with E-state index < -0.39 is 0 Å². The fourth-order valence-electron chi connectivity index (χ4n) is 3.95. The molecule has 0 spiro atoms. The normalized spacial score (nSPS) is 23.5. The fraction of sp³-hybridized carbons (Fsp3) is 0.667. The number of hydrogen-bond acceptors (Lipinski definition) is 4. The molecule has 0 aliphatic carbocycles. The van der Waals surface area contributed by atoms with Gasteiger partial charge in [-0.3, -0.25) is 4.79 Å². The molecule has 1 aromatic carbocycles. The van der Waals surface area contributed by atoms with E-state index in [4.69, 9.17) is 9.47 Å². The summed E-state index contributed by atoms with van der Waals surface area (Å²) >= 11 is 0. The van der Waals surface area contributed by atoms with Gasteiger partial charge in [0.25, 0.3) is 0 Å². The summed E-state index contributed by atoms with van der Waals surface area (Å²) in [7, 11) is 2.16. The number of piperidine rings is 1. The molecule has 2 aliphatic rings. The number of benzene rings is 1. The minimum Gasteiger partial charge on any atom is -0.376 e. The van der Waals surface area contributed by atoms with Gasteiger partial charge < -0.3 is 19.7 Å². The fourth-order valence-corrected chi connectivity index (χ4v) is 3.95. The lowest BCUT2D eigenvalue weighted by molar-refractivity contribution is -0.128. The lowest BCUT2D eigenvalue weighted by Crippen LogP contribution is -2.48. The predicted octanol–water partition coefficient (Wildman–Crippen LogP) is 2.35. The van der Waals surface area contributed by atoms with Crippen molar-refractivity contribution in [2.24, 2.45) is 0 Å². The molecule has 1 aromatic rings. The van der Waals surface area contributed by atoms with Gasteiger partial charge in [0.05, 0.1) is 12.7 Å². The van der Waals surface area contributed by atoms with Crippen LogP contribution in [0.2, 0.25) is 0 Å². The second-order valence-corrected chi connectivity index (χ2v) is 7.73. The average Bonchev–Trinajstić information content (AvgIpc) is 2.69. The Bertz CT molecular complexity index is 550. The Balaban J connectivity index is 1.48. The third kappa shape index (κ3) is 5.29. The van der Waals surface area contributed by atoms with Crippen LogP contribution >= 0.6 is 0 Å². The Morgan fingerprint density at radius 2 is 2.04 bits per heavy atom. The Hall–Kier alpha value is -1.43. The van der Waals surface area contributed by atoms with Crippen molar-refractivity contribution in [2.45, 2.75) is 43.6 Å². The molecule has 26 heavy (non-hydrogen) atoms. The molecule has 0 saturated carbocycles. The van der Waals surface area contributed by atoms with Crippen LogP contribution in [0.25, 0.3) is 0 Å². The number of hydrogen-bond donors (Lipinski definition) is 1. The Morgan fingerprint density at radius 3 is 2.73 bits per heavy atom. The third-order valence-electron chi connectivity index (χ3n) is 5.77. The van der Waals surface area contributed by atoms with E-state index in [1.165, 1.54) is 12.0 Å². The molecule has 2 saturated heterocycles. The number of carbonyl (C=O) groups is 1. The molecule has 1 atom stereocenters. The number of amides is 1. The average molecular weight is 360 g/mol. The molecule has 5 heteroatoms. The highest BCUT2D eigenvalue weighted by molar-refractivity contribution is 5.77. The van der Waals surface area contributed by atoms with Crippen molar-refractivity contribution in [3.63, 3.8) is 0 Å². The number of rotatable bonds is 7. The van der Waals surface area contributed by atoms with Gasteiger partial charge in [0.2, 0.25) is 5.91 Å². The first-order chi connectivity index (χ1) is 12.7. The molecule has 0 bridgehead atoms. The molecule has 0 radical (unpaired) electrons. The Labute approximate surface area is 157 Å². The van der Waals surface area contributed by atoms with Crippen molar-refractivity contribution in [2.75, 3.05) is 46.5 Å². The van der Waals surface area contributed by atoms with Gasteiger partial charge in [-0.2, -0.15) is 0 Å². The van der Waals surface area contributed by atoms with Gasteiger partial charge in [0.15, 0.2) is 0 Å². The van der Waals surface area contributed by atoms with Gasteiger partial charge in [-0.1, -0.05) is 30.3 Å². The molecule has 2 aliphatic heterocycles. The summed E-state index contributed by atoms with van der Waals surface area (Å²) < 4.78 is 11.2. The number of ether oxygens (including phenoxy) is 2. The summed E-state index contributed by atoms with van der Waals surface area (Å²) in [6, 6.07) is 10.6. The molecule has 1 unspecified atom stereocenters. The summed E-state index contributed by atoms with van der Waals surface area (Å²) in [5.41, 5.74) is 1.35. The van der Waals surface area contributed by atoms with E-state index in [0.717, 1.165) is 45.4 Å². The number of likely N-dealkylation sites (tertiary alicyclic amines) is 1. The van der Waals surface area contributed by atoms with Crippen LogP contribution in [0.4, 0.5) is 0 Å². The minimum absolute atomic E-state index is 0.0237. The standard InChI is InChI=1S/C21H32N2O3/c1-23-12-10-21(11-13-23,18-7-3-2-4-8-18)17-22-20(24)16-25-15-19-9-5-6-14-26-19/h2-4,7-8,19H,5-6,9-17H2,1H3,(H,22,24). The topological polar surface area (TPSA) is 50.8 Å². The van der Waals surface area contributed by atoms with Crippen LogP contribution in [0.15, 0.2) is 30.3 Å². The van der Waals surface area contributed by atoms with Crippen molar-refractivity contribution < 1.29 is 14.3 Å². The number of nitrogens with zero attached hydrogens (tertiary/aromatic N) is 1. The lowest BCUT2D eigenvalue weighted by Gasteiger charge is -2.41. The maximum atomic E-state index is 12.3. The summed E-state index contributed by atoms with van der Waals surface area (Å²) in [5.74, 6) is -0.0324. The largest absolute Gasteiger partial charge is 0.376 e. The summed E-state index contributed by atoms with van der Waals surface area (Å²) in [5, 5.41) is 3.12. The van der Waals surface area contributed by atoms with E-state index in [-0.39, 0.29) is 24.0 Å². The van der Waals surface area contributed by atoms with Crippen molar-refractivity contribution in [1.82, 2.24) is 10.2 Å². The second kappa shape index (κ2) is 9.49. The van der Waals surface area contributed by atoms with Gasteiger partial charge in [0.1, 0.15) is 6.61 Å². The van der Waals surface area contributed by atoms with Gasteiger partial charge in [-0.05, 0) is 57.8 Å². The van der Waals surface area contributed by atoms with Crippen LogP contribution in [-0.2, 0) is 19.7 Å². The third-order valence-corrected chi connectivity index (χ3v) is 5.77. The van der Waals surface area contributed by atoms with E-state index in [0.29, 0.717) is 13.2 Å². The molecule has 1 N–H and O–H groups in total. The SMILES string of the molecule is CN1CCC(CNC(=O)COCC2CCCCO2)(c2ccccc2)CC1. The van der Waals surface area contributed by atoms with Crippen LogP contribution in [0.3, 0.4) is 0 Å². The molecule has 2 fully saturated rings. The highest BCUT2D eigenvalue weighted by Gasteiger charge is 2.35. The summed E-state index contributed by atoms with van der Waals surface area (Å²) in [6.45, 7) is 4.23. The quantitative estimate of drug-likeness (QED) is 0.811. The first kappa shape index (κ1) is 19.3. The highest BCUT2D eigenvalue weighted by Crippen LogP contribution is 2.34. The highest BCUT2D eigenvalue weighted by atomic mass is 16.5. The van der Waals surface area contributed by atoms with E-state index in [9.17, 15) is 4.79 Å². The van der Waals surface area contributed by atoms with Crippen LogP contribution in [0.5, 0.6) is 0 Å². The van der Waals surface area contributed by atoms with Crippen LogP contribution < -0.4 is 5.32 Å². The molecule has 0 aromatic heterocycles. The first-order valence-corrected chi connectivity index (χ1v) is 9.88. The van der Waals surface area contributed by atoms with Crippen LogP contribution in [0.1, 0.15) is 37.7 Å². The minimum atomic E-state index is -0.0324. The smallest absolute Gasteiger partial charge is 0.246 e. The summed E-state index contributed by atoms with van der Waals surface area (Å²) in [4.78, 5) is 14.6. The van der Waals surface area contributed by atoms with Gasteiger partial charge >= 0.3 is 0 Å². The van der Waals surface area contributed by atoms with Crippen LogP contribution in [-0.4, -0.2) is 63.4 Å². The number of carbonyl (C=O) groups excluding carboxylic acids is 1. The molecule has 1 amide bonds.